The molecule has 18 heavy (non-hydrogen) atoms. The molecule has 0 radical (unpaired) electrons. The van der Waals surface area contributed by atoms with Crippen molar-refractivity contribution in [3.05, 3.63) is 34.9 Å². The minimum Gasteiger partial charge on any atom is -0.381 e. The average Bonchev–Trinajstić information content (AvgIpc) is 3.22. The zero-order valence-electron chi connectivity index (χ0n) is 10.6. The summed E-state index contributed by atoms with van der Waals surface area (Å²) in [5.41, 5.74) is 1.46. The highest BCUT2D eigenvalue weighted by Gasteiger charge is 2.37. The summed E-state index contributed by atoms with van der Waals surface area (Å²) >= 11 is 6.41. The molecule has 1 aromatic rings. The predicted octanol–water partition coefficient (Wildman–Crippen LogP) is 3.14. The molecule has 1 saturated heterocycles. The second kappa shape index (κ2) is 5.20. The van der Waals surface area contributed by atoms with Gasteiger partial charge in [0.05, 0.1) is 0 Å². The number of rotatable bonds is 4. The highest BCUT2D eigenvalue weighted by molar-refractivity contribution is 6.31. The molecule has 3 heteroatoms. The number of benzene rings is 1. The highest BCUT2D eigenvalue weighted by atomic mass is 35.5. The van der Waals surface area contributed by atoms with E-state index < -0.39 is 0 Å². The van der Waals surface area contributed by atoms with Gasteiger partial charge in [-0.05, 0) is 37.3 Å². The Hall–Kier alpha value is -0.570. The Kier molecular flexibility index (Phi) is 3.60. The first-order chi connectivity index (χ1) is 8.80. The summed E-state index contributed by atoms with van der Waals surface area (Å²) in [6.07, 6.45) is 4.79. The third-order valence-electron chi connectivity index (χ3n) is 4.20. The van der Waals surface area contributed by atoms with E-state index in [0.717, 1.165) is 43.7 Å². The Morgan fingerprint density at radius 2 is 1.94 bits per heavy atom. The van der Waals surface area contributed by atoms with Gasteiger partial charge in [-0.2, -0.15) is 0 Å². The molecule has 2 fully saturated rings. The molecular weight excluding hydrogens is 246 g/mol. The Bertz CT molecular complexity index is 411. The van der Waals surface area contributed by atoms with E-state index in [9.17, 15) is 0 Å². The van der Waals surface area contributed by atoms with Gasteiger partial charge in [0, 0.05) is 36.2 Å². The summed E-state index contributed by atoms with van der Waals surface area (Å²) in [5, 5.41) is 4.58. The van der Waals surface area contributed by atoms with Crippen molar-refractivity contribution >= 4 is 11.6 Å². The Morgan fingerprint density at radius 1 is 1.22 bits per heavy atom. The second-order valence-corrected chi connectivity index (χ2v) is 5.93. The molecule has 0 spiro atoms. The van der Waals surface area contributed by atoms with E-state index in [0.29, 0.717) is 0 Å². The zero-order valence-corrected chi connectivity index (χ0v) is 11.4. The lowest BCUT2D eigenvalue weighted by Crippen LogP contribution is -2.43. The summed E-state index contributed by atoms with van der Waals surface area (Å²) in [6, 6.07) is 9.03. The van der Waals surface area contributed by atoms with Gasteiger partial charge >= 0.3 is 0 Å². The van der Waals surface area contributed by atoms with Crippen molar-refractivity contribution in [1.29, 1.82) is 0 Å². The van der Waals surface area contributed by atoms with Crippen LogP contribution in [0.15, 0.2) is 24.3 Å². The van der Waals surface area contributed by atoms with Crippen molar-refractivity contribution in [2.45, 2.75) is 37.1 Å². The molecule has 1 heterocycles. The van der Waals surface area contributed by atoms with Crippen LogP contribution < -0.4 is 5.32 Å². The van der Waals surface area contributed by atoms with Gasteiger partial charge in [-0.25, -0.2) is 0 Å². The standard InChI is InChI=1S/C15H20ClNO/c16-14-4-2-1-3-13(14)15(7-9-18-10-8-15)11-17-12-5-6-12/h1-4,12,17H,5-11H2. The number of halogens is 1. The van der Waals surface area contributed by atoms with Gasteiger partial charge in [-0.15, -0.1) is 0 Å². The smallest absolute Gasteiger partial charge is 0.0475 e. The summed E-state index contributed by atoms with van der Waals surface area (Å²) in [6.45, 7) is 2.72. The minimum absolute atomic E-state index is 0.166. The molecule has 1 aromatic carbocycles. The maximum absolute atomic E-state index is 6.41. The van der Waals surface area contributed by atoms with Crippen LogP contribution in [0.5, 0.6) is 0 Å². The van der Waals surface area contributed by atoms with Crippen LogP contribution in [0.2, 0.25) is 5.02 Å². The number of ether oxygens (including phenoxy) is 1. The largest absolute Gasteiger partial charge is 0.381 e. The minimum atomic E-state index is 0.166. The molecule has 2 nitrogen and oxygen atoms in total. The molecule has 1 aliphatic carbocycles. The summed E-state index contributed by atoms with van der Waals surface area (Å²) in [5.74, 6) is 0. The van der Waals surface area contributed by atoms with Crippen LogP contribution >= 0.6 is 11.6 Å². The van der Waals surface area contributed by atoms with E-state index in [1.54, 1.807) is 0 Å². The fourth-order valence-electron chi connectivity index (χ4n) is 2.82. The van der Waals surface area contributed by atoms with E-state index in [-0.39, 0.29) is 5.41 Å². The highest BCUT2D eigenvalue weighted by Crippen LogP contribution is 2.38. The van der Waals surface area contributed by atoms with Crippen LogP contribution in [-0.2, 0) is 10.2 Å². The van der Waals surface area contributed by atoms with Crippen molar-refractivity contribution in [2.75, 3.05) is 19.8 Å². The lowest BCUT2D eigenvalue weighted by atomic mass is 9.74. The van der Waals surface area contributed by atoms with Gasteiger partial charge in [0.1, 0.15) is 0 Å². The Morgan fingerprint density at radius 3 is 2.61 bits per heavy atom. The molecule has 0 aromatic heterocycles. The van der Waals surface area contributed by atoms with Crippen molar-refractivity contribution in [3.8, 4) is 0 Å². The summed E-state index contributed by atoms with van der Waals surface area (Å²) in [4.78, 5) is 0. The van der Waals surface area contributed by atoms with Crippen molar-refractivity contribution in [1.82, 2.24) is 5.32 Å². The van der Waals surface area contributed by atoms with Crippen LogP contribution in [0.4, 0.5) is 0 Å². The molecule has 2 aliphatic rings. The first-order valence-corrected chi connectivity index (χ1v) is 7.24. The monoisotopic (exact) mass is 265 g/mol. The molecule has 1 aliphatic heterocycles. The van der Waals surface area contributed by atoms with Crippen LogP contribution in [0.1, 0.15) is 31.2 Å². The van der Waals surface area contributed by atoms with Gasteiger partial charge in [0.15, 0.2) is 0 Å². The molecule has 1 N–H and O–H groups in total. The Labute approximate surface area is 114 Å². The third kappa shape index (κ3) is 2.56. The maximum atomic E-state index is 6.41. The van der Waals surface area contributed by atoms with Crippen LogP contribution in [0.3, 0.4) is 0 Å². The first-order valence-electron chi connectivity index (χ1n) is 6.86. The van der Waals surface area contributed by atoms with Gasteiger partial charge in [0.2, 0.25) is 0 Å². The van der Waals surface area contributed by atoms with E-state index in [4.69, 9.17) is 16.3 Å². The first kappa shape index (κ1) is 12.5. The molecule has 0 atom stereocenters. The van der Waals surface area contributed by atoms with Crippen molar-refractivity contribution in [3.63, 3.8) is 0 Å². The van der Waals surface area contributed by atoms with E-state index in [2.05, 4.69) is 17.4 Å². The fraction of sp³-hybridized carbons (Fsp3) is 0.600. The normalized spacial score (nSPS) is 22.9. The fourth-order valence-corrected chi connectivity index (χ4v) is 3.16. The number of hydrogen-bond acceptors (Lipinski definition) is 2. The molecule has 3 rings (SSSR count). The second-order valence-electron chi connectivity index (χ2n) is 5.53. The lowest BCUT2D eigenvalue weighted by molar-refractivity contribution is 0.0498. The SMILES string of the molecule is Clc1ccccc1C1(CNC2CC2)CCOCC1. The summed E-state index contributed by atoms with van der Waals surface area (Å²) < 4.78 is 5.54. The topological polar surface area (TPSA) is 21.3 Å². The number of hydrogen-bond donors (Lipinski definition) is 1. The maximum Gasteiger partial charge on any atom is 0.0475 e. The van der Waals surface area contributed by atoms with Crippen LogP contribution in [0, 0.1) is 0 Å². The van der Waals surface area contributed by atoms with Gasteiger partial charge in [-0.1, -0.05) is 29.8 Å². The van der Waals surface area contributed by atoms with E-state index >= 15 is 0 Å². The third-order valence-corrected chi connectivity index (χ3v) is 4.53. The quantitative estimate of drug-likeness (QED) is 0.903. The molecule has 98 valence electrons. The molecule has 0 unspecified atom stereocenters. The predicted molar refractivity (Wildman–Crippen MR) is 74.2 cm³/mol. The van der Waals surface area contributed by atoms with E-state index in [1.165, 1.54) is 18.4 Å². The van der Waals surface area contributed by atoms with Gasteiger partial charge < -0.3 is 10.1 Å². The van der Waals surface area contributed by atoms with Crippen molar-refractivity contribution < 1.29 is 4.74 Å². The Balaban J connectivity index is 1.85. The van der Waals surface area contributed by atoms with Gasteiger partial charge in [-0.3, -0.25) is 0 Å². The lowest BCUT2D eigenvalue weighted by Gasteiger charge is -2.38. The molecule has 0 amide bonds. The van der Waals surface area contributed by atoms with Gasteiger partial charge in [0.25, 0.3) is 0 Å². The van der Waals surface area contributed by atoms with Crippen LogP contribution in [0.25, 0.3) is 0 Å². The van der Waals surface area contributed by atoms with E-state index in [1.807, 2.05) is 12.1 Å². The van der Waals surface area contributed by atoms with Crippen molar-refractivity contribution in [2.24, 2.45) is 0 Å². The molecule has 1 saturated carbocycles. The van der Waals surface area contributed by atoms with Crippen LogP contribution in [-0.4, -0.2) is 25.8 Å². The molecule has 0 bridgehead atoms. The zero-order chi connectivity index (χ0) is 12.4. The number of nitrogens with one attached hydrogen (secondary N) is 1. The summed E-state index contributed by atoms with van der Waals surface area (Å²) in [7, 11) is 0. The average molecular weight is 266 g/mol. The molecular formula is C15H20ClNO.